The molecule has 1 atom stereocenters. The van der Waals surface area contributed by atoms with E-state index in [0.717, 1.165) is 11.1 Å². The van der Waals surface area contributed by atoms with Crippen LogP contribution in [0.25, 0.3) is 0 Å². The highest BCUT2D eigenvalue weighted by Crippen LogP contribution is 2.29. The van der Waals surface area contributed by atoms with Gasteiger partial charge in [0.1, 0.15) is 16.4 Å². The summed E-state index contributed by atoms with van der Waals surface area (Å²) in [5.41, 5.74) is 2.01. The molecule has 0 saturated carbocycles. The monoisotopic (exact) mass is 335 g/mol. The molecule has 2 rings (SSSR count). The highest BCUT2D eigenvalue weighted by molar-refractivity contribution is 7.89. The van der Waals surface area contributed by atoms with Crippen molar-refractivity contribution < 1.29 is 17.9 Å². The molecule has 5 nitrogen and oxygen atoms in total. The lowest BCUT2D eigenvalue weighted by Gasteiger charge is -2.17. The Bertz CT molecular complexity index is 770. The lowest BCUT2D eigenvalue weighted by molar-refractivity contribution is 0.391. The van der Waals surface area contributed by atoms with E-state index in [1.165, 1.54) is 20.3 Å². The highest BCUT2D eigenvalue weighted by Gasteiger charge is 2.23. The van der Waals surface area contributed by atoms with Gasteiger partial charge in [-0.25, -0.2) is 13.1 Å². The summed E-state index contributed by atoms with van der Waals surface area (Å²) in [4.78, 5) is 0.0540. The summed E-state index contributed by atoms with van der Waals surface area (Å²) in [5.74, 6) is 0.726. The molecule has 0 aliphatic carbocycles. The quantitative estimate of drug-likeness (QED) is 0.881. The van der Waals surface area contributed by atoms with Crippen LogP contribution in [0.15, 0.2) is 47.4 Å². The molecule has 0 unspecified atom stereocenters. The molecule has 0 aliphatic rings. The van der Waals surface area contributed by atoms with Crippen LogP contribution in [-0.4, -0.2) is 22.6 Å². The van der Waals surface area contributed by atoms with Crippen molar-refractivity contribution in [1.82, 2.24) is 4.72 Å². The Kier molecular flexibility index (Phi) is 5.28. The van der Waals surface area contributed by atoms with E-state index in [-0.39, 0.29) is 16.7 Å². The zero-order chi connectivity index (χ0) is 17.0. The molecular formula is C17H21NO4S. The van der Waals surface area contributed by atoms with E-state index in [2.05, 4.69) is 4.72 Å². The predicted octanol–water partition coefficient (Wildman–Crippen LogP) is 3.05. The van der Waals surface area contributed by atoms with Gasteiger partial charge in [0.15, 0.2) is 0 Å². The number of aryl methyl sites for hydroxylation is 1. The van der Waals surface area contributed by atoms with Crippen molar-refractivity contribution in [3.63, 3.8) is 0 Å². The summed E-state index contributed by atoms with van der Waals surface area (Å²) in [5, 5.41) is 0. The number of benzene rings is 2. The molecule has 2 aromatic rings. The van der Waals surface area contributed by atoms with Crippen LogP contribution in [-0.2, 0) is 10.0 Å². The third-order valence-electron chi connectivity index (χ3n) is 3.57. The molecule has 124 valence electrons. The summed E-state index contributed by atoms with van der Waals surface area (Å²) in [6, 6.07) is 12.0. The number of ether oxygens (including phenoxy) is 2. The number of hydrogen-bond acceptors (Lipinski definition) is 4. The minimum absolute atomic E-state index is 0.0540. The average Bonchev–Trinajstić information content (AvgIpc) is 2.54. The second kappa shape index (κ2) is 7.02. The highest BCUT2D eigenvalue weighted by atomic mass is 32.2. The maximum atomic E-state index is 12.7. The maximum absolute atomic E-state index is 12.7. The Labute approximate surface area is 137 Å². The summed E-state index contributed by atoms with van der Waals surface area (Å²) >= 11 is 0. The Balaban J connectivity index is 2.33. The Morgan fingerprint density at radius 3 is 2.22 bits per heavy atom. The van der Waals surface area contributed by atoms with Gasteiger partial charge in [0.2, 0.25) is 10.0 Å². The Morgan fingerprint density at radius 2 is 1.65 bits per heavy atom. The van der Waals surface area contributed by atoms with Crippen molar-refractivity contribution in [3.05, 3.63) is 53.6 Å². The molecule has 0 aliphatic heterocycles. The topological polar surface area (TPSA) is 64.6 Å². The van der Waals surface area contributed by atoms with E-state index in [1.807, 2.05) is 31.2 Å². The van der Waals surface area contributed by atoms with Crippen molar-refractivity contribution >= 4 is 10.0 Å². The fourth-order valence-corrected chi connectivity index (χ4v) is 3.63. The number of rotatable bonds is 6. The largest absolute Gasteiger partial charge is 0.497 e. The Morgan fingerprint density at radius 1 is 1.00 bits per heavy atom. The summed E-state index contributed by atoms with van der Waals surface area (Å²) in [6.07, 6.45) is 0. The van der Waals surface area contributed by atoms with Crippen LogP contribution in [0, 0.1) is 6.92 Å². The van der Waals surface area contributed by atoms with Gasteiger partial charge in [0, 0.05) is 12.1 Å². The number of sulfonamides is 1. The number of hydrogen-bond donors (Lipinski definition) is 1. The minimum atomic E-state index is -3.75. The fourth-order valence-electron chi connectivity index (χ4n) is 2.21. The van der Waals surface area contributed by atoms with Gasteiger partial charge < -0.3 is 9.47 Å². The molecule has 0 radical (unpaired) electrons. The summed E-state index contributed by atoms with van der Waals surface area (Å²) in [7, 11) is -0.827. The molecular weight excluding hydrogens is 314 g/mol. The summed E-state index contributed by atoms with van der Waals surface area (Å²) < 4.78 is 38.3. The lowest BCUT2D eigenvalue weighted by Crippen LogP contribution is -2.27. The standard InChI is InChI=1S/C17H21NO4S/c1-12-5-7-14(8-6-12)13(2)18-23(19,20)17-11-15(21-3)9-10-16(17)22-4/h5-11,13,18H,1-4H3/t13-/m1/s1. The molecule has 0 heterocycles. The van der Waals surface area contributed by atoms with E-state index in [1.54, 1.807) is 19.1 Å². The first-order valence-corrected chi connectivity index (χ1v) is 8.66. The molecule has 0 amide bonds. The Hall–Kier alpha value is -2.05. The van der Waals surface area contributed by atoms with Crippen LogP contribution >= 0.6 is 0 Å². The second-order valence-electron chi connectivity index (χ2n) is 5.27. The van der Waals surface area contributed by atoms with E-state index in [9.17, 15) is 8.42 Å². The van der Waals surface area contributed by atoms with E-state index in [0.29, 0.717) is 5.75 Å². The molecule has 6 heteroatoms. The van der Waals surface area contributed by atoms with Crippen LogP contribution < -0.4 is 14.2 Å². The number of nitrogens with one attached hydrogen (secondary N) is 1. The molecule has 1 N–H and O–H groups in total. The first-order chi connectivity index (χ1) is 10.9. The third kappa shape index (κ3) is 4.03. The van der Waals surface area contributed by atoms with Gasteiger partial charge in [-0.15, -0.1) is 0 Å². The summed E-state index contributed by atoms with van der Waals surface area (Å²) in [6.45, 7) is 3.79. The first kappa shape index (κ1) is 17.3. The van der Waals surface area contributed by atoms with Crippen molar-refractivity contribution in [1.29, 1.82) is 0 Å². The van der Waals surface area contributed by atoms with Crippen LogP contribution in [0.2, 0.25) is 0 Å². The molecule has 0 aromatic heterocycles. The maximum Gasteiger partial charge on any atom is 0.244 e. The van der Waals surface area contributed by atoms with Crippen molar-refractivity contribution in [2.45, 2.75) is 24.8 Å². The van der Waals surface area contributed by atoms with E-state index in [4.69, 9.17) is 9.47 Å². The molecule has 0 saturated heterocycles. The molecule has 0 spiro atoms. The van der Waals surface area contributed by atoms with Crippen LogP contribution in [0.4, 0.5) is 0 Å². The van der Waals surface area contributed by atoms with Crippen molar-refractivity contribution in [2.75, 3.05) is 14.2 Å². The smallest absolute Gasteiger partial charge is 0.244 e. The number of methoxy groups -OCH3 is 2. The van der Waals surface area contributed by atoms with Gasteiger partial charge >= 0.3 is 0 Å². The zero-order valence-corrected chi connectivity index (χ0v) is 14.5. The van der Waals surface area contributed by atoms with Gasteiger partial charge in [-0.2, -0.15) is 0 Å². The first-order valence-electron chi connectivity index (χ1n) is 7.18. The molecule has 0 bridgehead atoms. The predicted molar refractivity (Wildman–Crippen MR) is 89.5 cm³/mol. The normalized spacial score (nSPS) is 12.7. The zero-order valence-electron chi connectivity index (χ0n) is 13.7. The second-order valence-corrected chi connectivity index (χ2v) is 6.95. The third-order valence-corrected chi connectivity index (χ3v) is 5.13. The molecule has 23 heavy (non-hydrogen) atoms. The van der Waals surface area contributed by atoms with Crippen LogP contribution in [0.3, 0.4) is 0 Å². The molecule has 2 aromatic carbocycles. The van der Waals surface area contributed by atoms with Crippen molar-refractivity contribution in [2.24, 2.45) is 0 Å². The van der Waals surface area contributed by atoms with Gasteiger partial charge in [-0.1, -0.05) is 29.8 Å². The SMILES string of the molecule is COc1ccc(OC)c(S(=O)(=O)N[C@H](C)c2ccc(C)cc2)c1. The van der Waals surface area contributed by atoms with Crippen molar-refractivity contribution in [3.8, 4) is 11.5 Å². The fraction of sp³-hybridized carbons (Fsp3) is 0.294. The van der Waals surface area contributed by atoms with Gasteiger partial charge in [-0.3, -0.25) is 0 Å². The van der Waals surface area contributed by atoms with Gasteiger partial charge in [0.05, 0.1) is 14.2 Å². The van der Waals surface area contributed by atoms with E-state index >= 15 is 0 Å². The lowest BCUT2D eigenvalue weighted by atomic mass is 10.1. The minimum Gasteiger partial charge on any atom is -0.497 e. The van der Waals surface area contributed by atoms with Gasteiger partial charge in [0.25, 0.3) is 0 Å². The molecule has 0 fully saturated rings. The van der Waals surface area contributed by atoms with Crippen LogP contribution in [0.5, 0.6) is 11.5 Å². The van der Waals surface area contributed by atoms with Gasteiger partial charge in [-0.05, 0) is 31.5 Å². The average molecular weight is 335 g/mol. The van der Waals surface area contributed by atoms with E-state index < -0.39 is 10.0 Å². The van der Waals surface area contributed by atoms with Crippen LogP contribution in [0.1, 0.15) is 24.1 Å².